The van der Waals surface area contributed by atoms with Crippen molar-refractivity contribution in [2.75, 3.05) is 16.0 Å². The number of nitrogens with zero attached hydrogens (tertiary/aromatic N) is 3. The van der Waals surface area contributed by atoms with Gasteiger partial charge < -0.3 is 16.0 Å². The third-order valence-corrected chi connectivity index (χ3v) is 3.30. The smallest absolute Gasteiger partial charge is 0.233 e. The Kier molecular flexibility index (Phi) is 5.85. The van der Waals surface area contributed by atoms with Gasteiger partial charge in [-0.15, -0.1) is 0 Å². The van der Waals surface area contributed by atoms with E-state index in [-0.39, 0.29) is 12.1 Å². The molecule has 6 nitrogen and oxygen atoms in total. The zero-order valence-electron chi connectivity index (χ0n) is 13.5. The minimum absolute atomic E-state index is 0.195. The number of benzene rings is 1. The largest absolute Gasteiger partial charge is 0.352 e. The zero-order chi connectivity index (χ0) is 17.0. The first-order chi connectivity index (χ1) is 10.8. The van der Waals surface area contributed by atoms with Crippen LogP contribution in [0.3, 0.4) is 0 Å². The van der Waals surface area contributed by atoms with Crippen molar-refractivity contribution in [2.45, 2.75) is 39.8 Å². The maximum Gasteiger partial charge on any atom is 0.233 e. The summed E-state index contributed by atoms with van der Waals surface area (Å²) in [7, 11) is 0. The predicted molar refractivity (Wildman–Crippen MR) is 97.1 cm³/mol. The van der Waals surface area contributed by atoms with Crippen molar-refractivity contribution >= 4 is 46.7 Å². The van der Waals surface area contributed by atoms with Gasteiger partial charge >= 0.3 is 0 Å². The first-order valence-electron chi connectivity index (χ1n) is 7.35. The molecule has 124 valence electrons. The molecule has 0 radical (unpaired) electrons. The monoisotopic (exact) mass is 354 g/mol. The number of anilines is 4. The molecule has 1 heterocycles. The van der Waals surface area contributed by atoms with Gasteiger partial charge in [-0.1, -0.05) is 29.3 Å². The third kappa shape index (κ3) is 5.11. The summed E-state index contributed by atoms with van der Waals surface area (Å²) < 4.78 is 0. The van der Waals surface area contributed by atoms with E-state index in [1.54, 1.807) is 18.2 Å². The number of nitrogens with one attached hydrogen (secondary N) is 3. The van der Waals surface area contributed by atoms with E-state index >= 15 is 0 Å². The van der Waals surface area contributed by atoms with Crippen LogP contribution in [0.1, 0.15) is 27.7 Å². The molecular formula is C15H20Cl2N6. The number of aromatic nitrogens is 3. The highest BCUT2D eigenvalue weighted by atomic mass is 35.5. The number of hydrogen-bond donors (Lipinski definition) is 3. The van der Waals surface area contributed by atoms with Gasteiger partial charge in [-0.2, -0.15) is 15.0 Å². The fraction of sp³-hybridized carbons (Fsp3) is 0.400. The van der Waals surface area contributed by atoms with E-state index in [1.165, 1.54) is 0 Å². The average Bonchev–Trinajstić information content (AvgIpc) is 2.41. The maximum absolute atomic E-state index is 6.18. The molecule has 0 bridgehead atoms. The fourth-order valence-corrected chi connectivity index (χ4v) is 2.30. The Morgan fingerprint density at radius 3 is 1.65 bits per heavy atom. The van der Waals surface area contributed by atoms with Crippen LogP contribution in [0.5, 0.6) is 0 Å². The van der Waals surface area contributed by atoms with Crippen LogP contribution in [0.15, 0.2) is 18.2 Å². The van der Waals surface area contributed by atoms with Crippen molar-refractivity contribution in [3.63, 3.8) is 0 Å². The van der Waals surface area contributed by atoms with Gasteiger partial charge in [-0.05, 0) is 39.8 Å². The van der Waals surface area contributed by atoms with Gasteiger partial charge in [0.25, 0.3) is 0 Å². The predicted octanol–water partition coefficient (Wildman–Crippen LogP) is 4.56. The number of rotatable bonds is 6. The fourth-order valence-electron chi connectivity index (χ4n) is 1.81. The van der Waals surface area contributed by atoms with Gasteiger partial charge in [0.15, 0.2) is 0 Å². The molecule has 0 spiro atoms. The van der Waals surface area contributed by atoms with Crippen molar-refractivity contribution in [3.8, 4) is 0 Å². The number of para-hydroxylation sites is 1. The zero-order valence-corrected chi connectivity index (χ0v) is 15.0. The molecule has 0 atom stereocenters. The molecule has 3 N–H and O–H groups in total. The summed E-state index contributed by atoms with van der Waals surface area (Å²) in [6.07, 6.45) is 0. The van der Waals surface area contributed by atoms with Crippen molar-refractivity contribution in [2.24, 2.45) is 0 Å². The molecule has 0 aliphatic heterocycles. The van der Waals surface area contributed by atoms with Crippen LogP contribution in [0.4, 0.5) is 23.5 Å². The van der Waals surface area contributed by atoms with Gasteiger partial charge in [-0.3, -0.25) is 0 Å². The molecule has 0 aliphatic rings. The van der Waals surface area contributed by atoms with Crippen LogP contribution in [-0.2, 0) is 0 Å². The highest BCUT2D eigenvalue weighted by Gasteiger charge is 2.12. The van der Waals surface area contributed by atoms with Crippen LogP contribution in [0.25, 0.3) is 0 Å². The van der Waals surface area contributed by atoms with E-state index in [9.17, 15) is 0 Å². The van der Waals surface area contributed by atoms with E-state index in [1.807, 2.05) is 27.7 Å². The second kappa shape index (κ2) is 7.66. The van der Waals surface area contributed by atoms with Crippen LogP contribution >= 0.6 is 23.2 Å². The lowest BCUT2D eigenvalue weighted by Crippen LogP contribution is -2.18. The molecule has 0 amide bonds. The minimum atomic E-state index is 0.195. The second-order valence-electron chi connectivity index (χ2n) is 5.63. The van der Waals surface area contributed by atoms with E-state index in [0.717, 1.165) is 0 Å². The van der Waals surface area contributed by atoms with E-state index in [4.69, 9.17) is 23.2 Å². The SMILES string of the molecule is CC(C)Nc1nc(Nc2c(Cl)cccc2Cl)nc(NC(C)C)n1. The topological polar surface area (TPSA) is 74.8 Å². The Morgan fingerprint density at radius 2 is 1.22 bits per heavy atom. The average molecular weight is 355 g/mol. The lowest BCUT2D eigenvalue weighted by molar-refractivity contribution is 0.847. The molecular weight excluding hydrogens is 335 g/mol. The summed E-state index contributed by atoms with van der Waals surface area (Å²) in [5, 5.41) is 10.4. The molecule has 2 aromatic rings. The molecule has 1 aromatic carbocycles. The number of hydrogen-bond acceptors (Lipinski definition) is 6. The lowest BCUT2D eigenvalue weighted by Gasteiger charge is -2.15. The summed E-state index contributed by atoms with van der Waals surface area (Å²) >= 11 is 12.4. The molecule has 0 fully saturated rings. The standard InChI is InChI=1S/C15H20Cl2N6/c1-8(2)18-13-21-14(19-9(3)4)23-15(22-13)20-12-10(16)6-5-7-11(12)17/h5-9H,1-4H3,(H3,18,19,20,21,22,23). The minimum Gasteiger partial charge on any atom is -0.352 e. The first kappa shape index (κ1) is 17.6. The van der Waals surface area contributed by atoms with Crippen molar-refractivity contribution in [1.82, 2.24) is 15.0 Å². The molecule has 0 aliphatic carbocycles. The Bertz CT molecular complexity index is 627. The van der Waals surface area contributed by atoms with Gasteiger partial charge in [0, 0.05) is 12.1 Å². The van der Waals surface area contributed by atoms with Gasteiger partial charge in [0.2, 0.25) is 17.8 Å². The second-order valence-corrected chi connectivity index (χ2v) is 6.44. The van der Waals surface area contributed by atoms with Gasteiger partial charge in [0.1, 0.15) is 0 Å². The molecule has 1 aromatic heterocycles. The normalized spacial score (nSPS) is 11.0. The van der Waals surface area contributed by atoms with Crippen LogP contribution in [0.2, 0.25) is 10.0 Å². The molecule has 0 unspecified atom stereocenters. The van der Waals surface area contributed by atoms with E-state index in [2.05, 4.69) is 30.9 Å². The van der Waals surface area contributed by atoms with E-state index < -0.39 is 0 Å². The summed E-state index contributed by atoms with van der Waals surface area (Å²) in [5.41, 5.74) is 0.563. The Hall–Kier alpha value is -1.79. The molecule has 23 heavy (non-hydrogen) atoms. The maximum atomic E-state index is 6.18. The summed E-state index contributed by atoms with van der Waals surface area (Å²) in [4.78, 5) is 13.1. The summed E-state index contributed by atoms with van der Waals surface area (Å²) in [5.74, 6) is 1.31. The van der Waals surface area contributed by atoms with Crippen LogP contribution < -0.4 is 16.0 Å². The number of halogens is 2. The van der Waals surface area contributed by atoms with E-state index in [0.29, 0.717) is 33.6 Å². The third-order valence-electron chi connectivity index (χ3n) is 2.67. The van der Waals surface area contributed by atoms with Crippen LogP contribution in [0, 0.1) is 0 Å². The quantitative estimate of drug-likeness (QED) is 0.705. The Labute approximate surface area is 146 Å². The summed E-state index contributed by atoms with van der Waals surface area (Å²) in [6, 6.07) is 5.66. The lowest BCUT2D eigenvalue weighted by atomic mass is 10.3. The molecule has 8 heteroatoms. The van der Waals surface area contributed by atoms with Crippen molar-refractivity contribution < 1.29 is 0 Å². The highest BCUT2D eigenvalue weighted by Crippen LogP contribution is 2.31. The highest BCUT2D eigenvalue weighted by molar-refractivity contribution is 6.39. The molecule has 0 saturated carbocycles. The summed E-state index contributed by atoms with van der Waals surface area (Å²) in [6.45, 7) is 8.05. The van der Waals surface area contributed by atoms with Crippen molar-refractivity contribution in [3.05, 3.63) is 28.2 Å². The van der Waals surface area contributed by atoms with Crippen molar-refractivity contribution in [1.29, 1.82) is 0 Å². The Balaban J connectivity index is 2.36. The molecule has 0 saturated heterocycles. The van der Waals surface area contributed by atoms with Gasteiger partial charge in [-0.25, -0.2) is 0 Å². The van der Waals surface area contributed by atoms with Gasteiger partial charge in [0.05, 0.1) is 15.7 Å². The molecule has 2 rings (SSSR count). The van der Waals surface area contributed by atoms with Crippen LogP contribution in [-0.4, -0.2) is 27.0 Å². The Morgan fingerprint density at radius 1 is 0.783 bits per heavy atom. The first-order valence-corrected chi connectivity index (χ1v) is 8.11.